The molecular weight excluding hydrogens is 240 g/mol. The zero-order valence-corrected chi connectivity index (χ0v) is 11.1. The van der Waals surface area contributed by atoms with Crippen LogP contribution in [0.3, 0.4) is 0 Å². The SMILES string of the molecule is CCOc1ccccc1-c1ocnc1CNC1CC1. The number of para-hydroxylation sites is 1. The molecule has 0 radical (unpaired) electrons. The van der Waals surface area contributed by atoms with Crippen molar-refractivity contribution in [1.29, 1.82) is 0 Å². The summed E-state index contributed by atoms with van der Waals surface area (Å²) in [4.78, 5) is 4.31. The van der Waals surface area contributed by atoms with Crippen molar-refractivity contribution < 1.29 is 9.15 Å². The highest BCUT2D eigenvalue weighted by Crippen LogP contribution is 2.32. The fourth-order valence-electron chi connectivity index (χ4n) is 2.08. The van der Waals surface area contributed by atoms with E-state index in [4.69, 9.17) is 9.15 Å². The summed E-state index contributed by atoms with van der Waals surface area (Å²) < 4.78 is 11.2. The third-order valence-corrected chi connectivity index (χ3v) is 3.21. The van der Waals surface area contributed by atoms with Crippen LogP contribution in [-0.4, -0.2) is 17.6 Å². The van der Waals surface area contributed by atoms with E-state index in [1.165, 1.54) is 19.2 Å². The molecule has 2 aromatic rings. The van der Waals surface area contributed by atoms with E-state index in [-0.39, 0.29) is 0 Å². The Morgan fingerprint density at radius 2 is 2.21 bits per heavy atom. The van der Waals surface area contributed by atoms with Crippen LogP contribution in [0.4, 0.5) is 0 Å². The Hall–Kier alpha value is -1.81. The van der Waals surface area contributed by atoms with E-state index in [2.05, 4.69) is 10.3 Å². The summed E-state index contributed by atoms with van der Waals surface area (Å²) in [6.07, 6.45) is 4.04. The number of hydrogen-bond donors (Lipinski definition) is 1. The summed E-state index contributed by atoms with van der Waals surface area (Å²) in [7, 11) is 0. The quantitative estimate of drug-likeness (QED) is 0.865. The largest absolute Gasteiger partial charge is 0.493 e. The molecule has 4 heteroatoms. The van der Waals surface area contributed by atoms with Crippen LogP contribution >= 0.6 is 0 Å². The highest BCUT2D eigenvalue weighted by Gasteiger charge is 2.22. The standard InChI is InChI=1S/C15H18N2O2/c1-2-18-14-6-4-3-5-12(14)15-13(17-10-19-15)9-16-11-7-8-11/h3-6,10-11,16H,2,7-9H2,1H3. The van der Waals surface area contributed by atoms with Gasteiger partial charge in [0.2, 0.25) is 0 Å². The van der Waals surface area contributed by atoms with Crippen LogP contribution in [0.5, 0.6) is 5.75 Å². The van der Waals surface area contributed by atoms with Gasteiger partial charge in [0.25, 0.3) is 0 Å². The second-order valence-electron chi connectivity index (χ2n) is 4.71. The van der Waals surface area contributed by atoms with Gasteiger partial charge in [0, 0.05) is 12.6 Å². The molecule has 0 aliphatic heterocycles. The number of oxazole rings is 1. The summed E-state index contributed by atoms with van der Waals surface area (Å²) in [5.41, 5.74) is 1.91. The van der Waals surface area contributed by atoms with E-state index in [9.17, 15) is 0 Å². The highest BCUT2D eigenvalue weighted by molar-refractivity contribution is 5.67. The average molecular weight is 258 g/mol. The van der Waals surface area contributed by atoms with Crippen LogP contribution in [0.2, 0.25) is 0 Å². The van der Waals surface area contributed by atoms with Gasteiger partial charge in [0.05, 0.1) is 12.2 Å². The molecule has 0 amide bonds. The Bertz CT molecular complexity index is 547. The van der Waals surface area contributed by atoms with Crippen LogP contribution in [-0.2, 0) is 6.54 Å². The van der Waals surface area contributed by atoms with Crippen molar-refractivity contribution in [2.24, 2.45) is 0 Å². The van der Waals surface area contributed by atoms with Gasteiger partial charge in [-0.2, -0.15) is 0 Å². The number of hydrogen-bond acceptors (Lipinski definition) is 4. The molecule has 1 aliphatic rings. The molecule has 0 spiro atoms. The Morgan fingerprint density at radius 1 is 1.37 bits per heavy atom. The highest BCUT2D eigenvalue weighted by atomic mass is 16.5. The van der Waals surface area contributed by atoms with Gasteiger partial charge < -0.3 is 14.5 Å². The molecule has 4 nitrogen and oxygen atoms in total. The van der Waals surface area contributed by atoms with Crippen molar-refractivity contribution in [1.82, 2.24) is 10.3 Å². The van der Waals surface area contributed by atoms with E-state index in [0.29, 0.717) is 12.6 Å². The van der Waals surface area contributed by atoms with Crippen LogP contribution in [0.1, 0.15) is 25.5 Å². The number of aromatic nitrogens is 1. The molecule has 1 aromatic carbocycles. The lowest BCUT2D eigenvalue weighted by molar-refractivity contribution is 0.340. The Morgan fingerprint density at radius 3 is 3.00 bits per heavy atom. The maximum Gasteiger partial charge on any atom is 0.181 e. The lowest BCUT2D eigenvalue weighted by Gasteiger charge is -2.09. The Balaban J connectivity index is 1.86. The molecule has 1 heterocycles. The first-order valence-corrected chi connectivity index (χ1v) is 6.76. The van der Waals surface area contributed by atoms with Crippen molar-refractivity contribution in [2.45, 2.75) is 32.4 Å². The monoisotopic (exact) mass is 258 g/mol. The lowest BCUT2D eigenvalue weighted by Crippen LogP contribution is -2.16. The van der Waals surface area contributed by atoms with Gasteiger partial charge in [-0.1, -0.05) is 12.1 Å². The molecule has 0 bridgehead atoms. The molecule has 100 valence electrons. The molecule has 1 N–H and O–H groups in total. The summed E-state index contributed by atoms with van der Waals surface area (Å²) in [6.45, 7) is 3.37. The topological polar surface area (TPSA) is 47.3 Å². The van der Waals surface area contributed by atoms with E-state index in [1.807, 2.05) is 31.2 Å². The summed E-state index contributed by atoms with van der Waals surface area (Å²) in [5, 5.41) is 3.46. The predicted octanol–water partition coefficient (Wildman–Crippen LogP) is 2.99. The minimum absolute atomic E-state index is 0.640. The first kappa shape index (κ1) is 12.2. The third kappa shape index (κ3) is 2.79. The van der Waals surface area contributed by atoms with Gasteiger partial charge in [0.15, 0.2) is 12.2 Å². The van der Waals surface area contributed by atoms with Crippen LogP contribution < -0.4 is 10.1 Å². The van der Waals surface area contributed by atoms with Crippen LogP contribution in [0, 0.1) is 0 Å². The molecular formula is C15H18N2O2. The fourth-order valence-corrected chi connectivity index (χ4v) is 2.08. The summed E-state index contributed by atoms with van der Waals surface area (Å²) in [6, 6.07) is 8.57. The maximum atomic E-state index is 5.65. The second-order valence-corrected chi connectivity index (χ2v) is 4.71. The Kier molecular flexibility index (Phi) is 3.51. The van der Waals surface area contributed by atoms with E-state index >= 15 is 0 Å². The van der Waals surface area contributed by atoms with Gasteiger partial charge in [-0.05, 0) is 31.9 Å². The smallest absolute Gasteiger partial charge is 0.181 e. The molecule has 1 saturated carbocycles. The van der Waals surface area contributed by atoms with Gasteiger partial charge in [-0.3, -0.25) is 0 Å². The van der Waals surface area contributed by atoms with Crippen LogP contribution in [0.25, 0.3) is 11.3 Å². The van der Waals surface area contributed by atoms with Crippen molar-refractivity contribution in [2.75, 3.05) is 6.61 Å². The van der Waals surface area contributed by atoms with Crippen molar-refractivity contribution in [3.8, 4) is 17.1 Å². The molecule has 0 unspecified atom stereocenters. The second kappa shape index (κ2) is 5.45. The van der Waals surface area contributed by atoms with E-state index in [0.717, 1.165) is 29.3 Å². The van der Waals surface area contributed by atoms with Crippen molar-refractivity contribution in [3.05, 3.63) is 36.4 Å². The van der Waals surface area contributed by atoms with Crippen LogP contribution in [0.15, 0.2) is 35.1 Å². The fraction of sp³-hybridized carbons (Fsp3) is 0.400. The number of rotatable bonds is 6. The minimum atomic E-state index is 0.640. The molecule has 0 atom stereocenters. The number of nitrogens with one attached hydrogen (secondary N) is 1. The van der Waals surface area contributed by atoms with Crippen molar-refractivity contribution >= 4 is 0 Å². The number of benzene rings is 1. The molecule has 0 saturated heterocycles. The normalized spacial score (nSPS) is 14.6. The third-order valence-electron chi connectivity index (χ3n) is 3.21. The first-order chi connectivity index (χ1) is 9.38. The summed E-state index contributed by atoms with van der Waals surface area (Å²) in [5.74, 6) is 1.65. The minimum Gasteiger partial charge on any atom is -0.493 e. The zero-order chi connectivity index (χ0) is 13.1. The first-order valence-electron chi connectivity index (χ1n) is 6.76. The van der Waals surface area contributed by atoms with E-state index < -0.39 is 0 Å². The van der Waals surface area contributed by atoms with Gasteiger partial charge in [0.1, 0.15) is 11.4 Å². The molecule has 3 rings (SSSR count). The molecule has 1 fully saturated rings. The van der Waals surface area contributed by atoms with Gasteiger partial charge in [-0.15, -0.1) is 0 Å². The average Bonchev–Trinajstić information content (AvgIpc) is 3.15. The molecule has 1 aliphatic carbocycles. The van der Waals surface area contributed by atoms with E-state index in [1.54, 1.807) is 0 Å². The Labute approximate surface area is 112 Å². The number of nitrogens with zero attached hydrogens (tertiary/aromatic N) is 1. The lowest BCUT2D eigenvalue weighted by atomic mass is 10.1. The van der Waals surface area contributed by atoms with Gasteiger partial charge in [-0.25, -0.2) is 4.98 Å². The number of ether oxygens (including phenoxy) is 1. The summed E-state index contributed by atoms with van der Waals surface area (Å²) >= 11 is 0. The van der Waals surface area contributed by atoms with Gasteiger partial charge >= 0.3 is 0 Å². The zero-order valence-electron chi connectivity index (χ0n) is 11.1. The molecule has 1 aromatic heterocycles. The predicted molar refractivity (Wildman–Crippen MR) is 73.0 cm³/mol. The maximum absolute atomic E-state index is 5.65. The van der Waals surface area contributed by atoms with Crippen molar-refractivity contribution in [3.63, 3.8) is 0 Å². The molecule has 19 heavy (non-hydrogen) atoms.